The summed E-state index contributed by atoms with van der Waals surface area (Å²) in [7, 11) is 0. The topological polar surface area (TPSA) is 36.4 Å². The first kappa shape index (κ1) is 34.2. The average molecular weight is 738 g/mol. The van der Waals surface area contributed by atoms with Crippen LogP contribution in [0.2, 0.25) is 0 Å². The third-order valence-corrected chi connectivity index (χ3v) is 13.6. The lowest BCUT2D eigenvalue weighted by Crippen LogP contribution is -2.44. The van der Waals surface area contributed by atoms with E-state index in [0.29, 0.717) is 0 Å². The van der Waals surface area contributed by atoms with Crippen LogP contribution in [-0.4, -0.2) is 5.84 Å². The summed E-state index contributed by atoms with van der Waals surface area (Å²) in [5.41, 5.74) is 20.0. The molecule has 2 unspecified atom stereocenters. The molecule has 1 heterocycles. The van der Waals surface area contributed by atoms with Gasteiger partial charge in [-0.1, -0.05) is 179 Å². The number of amidine groups is 1. The van der Waals surface area contributed by atoms with Crippen LogP contribution in [0.25, 0.3) is 44.5 Å². The van der Waals surface area contributed by atoms with Gasteiger partial charge >= 0.3 is 0 Å². The van der Waals surface area contributed by atoms with Gasteiger partial charge in [-0.2, -0.15) is 0 Å². The lowest BCUT2D eigenvalue weighted by Gasteiger charge is -2.36. The molecule has 4 aliphatic rings. The number of hydrogen-bond acceptors (Lipinski definition) is 3. The van der Waals surface area contributed by atoms with Crippen LogP contribution in [0.15, 0.2) is 169 Å². The van der Waals surface area contributed by atoms with Crippen molar-refractivity contribution in [3.8, 4) is 44.5 Å². The van der Waals surface area contributed by atoms with Crippen molar-refractivity contribution in [2.45, 2.75) is 69.1 Å². The maximum Gasteiger partial charge on any atom is 0.131 e. The number of nitrogens with zero attached hydrogens (tertiary/aromatic N) is 1. The van der Waals surface area contributed by atoms with Gasteiger partial charge in [-0.3, -0.25) is 5.32 Å². The van der Waals surface area contributed by atoms with Crippen molar-refractivity contribution in [2.75, 3.05) is 0 Å². The fourth-order valence-electron chi connectivity index (χ4n) is 10.7. The fraction of sp³-hybridized carbons (Fsp3) is 0.204. The van der Waals surface area contributed by atoms with Gasteiger partial charge in [-0.15, -0.1) is 0 Å². The number of fused-ring (bicyclic) bond motifs is 8. The Morgan fingerprint density at radius 3 is 1.89 bits per heavy atom. The first-order valence-electron chi connectivity index (χ1n) is 20.8. The van der Waals surface area contributed by atoms with E-state index in [1.54, 1.807) is 11.1 Å². The highest BCUT2D eigenvalue weighted by Crippen LogP contribution is 2.60. The van der Waals surface area contributed by atoms with E-state index in [0.717, 1.165) is 17.0 Å². The average Bonchev–Trinajstić information content (AvgIpc) is 3.67. The van der Waals surface area contributed by atoms with Crippen LogP contribution in [0.5, 0.6) is 0 Å². The molecule has 278 valence electrons. The lowest BCUT2D eigenvalue weighted by atomic mass is 9.67. The van der Waals surface area contributed by atoms with E-state index in [2.05, 4.69) is 188 Å². The molecule has 0 aromatic heterocycles. The molecule has 0 bridgehead atoms. The number of aliphatic imine (C=N–C) groups is 1. The maximum atomic E-state index is 5.37. The summed E-state index contributed by atoms with van der Waals surface area (Å²) in [6.07, 6.45) is 6.06. The predicted molar refractivity (Wildman–Crippen MR) is 235 cm³/mol. The second kappa shape index (κ2) is 13.3. The maximum absolute atomic E-state index is 5.37. The minimum absolute atomic E-state index is 0.104. The van der Waals surface area contributed by atoms with E-state index < -0.39 is 0 Å². The van der Waals surface area contributed by atoms with E-state index in [-0.39, 0.29) is 23.2 Å². The van der Waals surface area contributed by atoms with Gasteiger partial charge in [0.1, 0.15) is 18.2 Å². The Hall–Kier alpha value is -6.03. The second-order valence-electron chi connectivity index (χ2n) is 17.1. The molecule has 7 aromatic rings. The van der Waals surface area contributed by atoms with E-state index in [1.165, 1.54) is 93.3 Å². The molecule has 1 fully saturated rings. The van der Waals surface area contributed by atoms with Crippen LogP contribution in [-0.2, 0) is 10.8 Å². The smallest absolute Gasteiger partial charge is 0.131 e. The highest BCUT2D eigenvalue weighted by atomic mass is 15.3. The highest BCUT2D eigenvalue weighted by molar-refractivity contribution is 6.00. The van der Waals surface area contributed by atoms with Gasteiger partial charge in [-0.05, 0) is 109 Å². The quantitative estimate of drug-likeness (QED) is 0.185. The zero-order valence-corrected chi connectivity index (χ0v) is 32.7. The number of nitrogens with one attached hydrogen (secondary N) is 2. The molecule has 0 saturated heterocycles. The number of rotatable bonds is 5. The van der Waals surface area contributed by atoms with Crippen molar-refractivity contribution in [1.82, 2.24) is 10.6 Å². The molecule has 1 saturated carbocycles. The van der Waals surface area contributed by atoms with Crippen LogP contribution < -0.4 is 10.6 Å². The molecule has 0 amide bonds. The normalized spacial score (nSPS) is 19.5. The molecule has 3 nitrogen and oxygen atoms in total. The molecule has 1 spiro atoms. The molecule has 0 radical (unpaired) electrons. The Morgan fingerprint density at radius 2 is 1.09 bits per heavy atom. The van der Waals surface area contributed by atoms with E-state index >= 15 is 0 Å². The number of benzene rings is 7. The molecule has 2 atom stereocenters. The van der Waals surface area contributed by atoms with Crippen molar-refractivity contribution in [2.24, 2.45) is 4.99 Å². The lowest BCUT2D eigenvalue weighted by molar-refractivity contribution is 0.353. The minimum Gasteiger partial charge on any atom is -0.350 e. The first-order valence-corrected chi connectivity index (χ1v) is 20.8. The summed E-state index contributed by atoms with van der Waals surface area (Å²) in [5.74, 6) is 0.889. The standard InChI is InChI=1S/C54H47N3/c1-53(2)46-25-15-23-41(49(46)44-34-48-43(33-47(44)53)42-22-10-11-24-45(42)54(48)30-12-5-13-31-54)39-20-14-21-40(32-39)52-56-50(37-18-8-4-9-19-37)55-51(57-52)38-28-26-36(27-29-38)35-16-6-3-7-17-35/h3-4,6-11,14-29,32-34,50,52,56H,5,12-13,30-31H2,1-2H3,(H,55,57). The van der Waals surface area contributed by atoms with Crippen molar-refractivity contribution in [1.29, 1.82) is 0 Å². The summed E-state index contributed by atoms with van der Waals surface area (Å²) in [6, 6.07) is 60.6. The molecule has 57 heavy (non-hydrogen) atoms. The van der Waals surface area contributed by atoms with E-state index in [1.807, 2.05) is 0 Å². The molecular weight excluding hydrogens is 691 g/mol. The third-order valence-electron chi connectivity index (χ3n) is 13.6. The van der Waals surface area contributed by atoms with Gasteiger partial charge in [0.2, 0.25) is 0 Å². The van der Waals surface area contributed by atoms with Gasteiger partial charge in [0.25, 0.3) is 0 Å². The van der Waals surface area contributed by atoms with Crippen molar-refractivity contribution in [3.05, 3.63) is 203 Å². The van der Waals surface area contributed by atoms with Gasteiger partial charge in [-0.25, -0.2) is 4.99 Å². The summed E-state index contributed by atoms with van der Waals surface area (Å²) in [4.78, 5) is 5.37. The highest BCUT2D eigenvalue weighted by Gasteiger charge is 2.46. The monoisotopic (exact) mass is 737 g/mol. The zero-order valence-electron chi connectivity index (χ0n) is 32.7. The first-order chi connectivity index (χ1) is 28.0. The largest absolute Gasteiger partial charge is 0.350 e. The van der Waals surface area contributed by atoms with Crippen molar-refractivity contribution >= 4 is 5.84 Å². The summed E-state index contributed by atoms with van der Waals surface area (Å²) < 4.78 is 0. The number of hydrogen-bond donors (Lipinski definition) is 2. The minimum atomic E-state index is -0.242. The summed E-state index contributed by atoms with van der Waals surface area (Å²) >= 11 is 0. The van der Waals surface area contributed by atoms with E-state index in [9.17, 15) is 0 Å². The Labute approximate surface area is 336 Å². The van der Waals surface area contributed by atoms with Crippen LogP contribution in [0.1, 0.15) is 97.2 Å². The van der Waals surface area contributed by atoms with Crippen LogP contribution in [0.4, 0.5) is 0 Å². The van der Waals surface area contributed by atoms with Gasteiger partial charge in [0.15, 0.2) is 0 Å². The zero-order chi connectivity index (χ0) is 38.1. The Bertz CT molecular complexity index is 2680. The Morgan fingerprint density at radius 1 is 0.474 bits per heavy atom. The summed E-state index contributed by atoms with van der Waals surface area (Å²) in [5, 5.41) is 7.59. The second-order valence-corrected chi connectivity index (χ2v) is 17.1. The molecule has 7 aromatic carbocycles. The van der Waals surface area contributed by atoms with Crippen LogP contribution in [0, 0.1) is 0 Å². The van der Waals surface area contributed by atoms with Crippen LogP contribution in [0.3, 0.4) is 0 Å². The SMILES string of the molecule is CC1(C)c2cc3c(cc2-c2c(-c4cccc(C5N=C(c6ccc(-c7ccccc7)cc6)NC(c6ccccc6)N5)c4)cccc21)C1(CCCCC1)c1ccccc1-3. The molecular formula is C54H47N3. The predicted octanol–water partition coefficient (Wildman–Crippen LogP) is 12.9. The fourth-order valence-corrected chi connectivity index (χ4v) is 10.7. The van der Waals surface area contributed by atoms with Gasteiger partial charge < -0.3 is 5.32 Å². The van der Waals surface area contributed by atoms with Crippen LogP contribution >= 0.6 is 0 Å². The van der Waals surface area contributed by atoms with Crippen molar-refractivity contribution < 1.29 is 0 Å². The van der Waals surface area contributed by atoms with Gasteiger partial charge in [0.05, 0.1) is 0 Å². The molecule has 3 heteroatoms. The Balaban J connectivity index is 1.01. The molecule has 2 N–H and O–H groups in total. The van der Waals surface area contributed by atoms with Crippen molar-refractivity contribution in [3.63, 3.8) is 0 Å². The molecule has 11 rings (SSSR count). The van der Waals surface area contributed by atoms with E-state index in [4.69, 9.17) is 4.99 Å². The molecule has 1 aliphatic heterocycles. The third kappa shape index (κ3) is 5.47. The summed E-state index contributed by atoms with van der Waals surface area (Å²) in [6.45, 7) is 4.85. The molecule has 3 aliphatic carbocycles. The Kier molecular flexibility index (Phi) is 7.98. The van der Waals surface area contributed by atoms with Gasteiger partial charge in [0, 0.05) is 16.4 Å².